The summed E-state index contributed by atoms with van der Waals surface area (Å²) in [7, 11) is 0.298. The molecule has 0 spiro atoms. The number of aryl methyl sites for hydroxylation is 1. The topological polar surface area (TPSA) is 341 Å². The first-order valence-electron chi connectivity index (χ1n) is 27.2. The molecule has 22 nitrogen and oxygen atoms in total. The first kappa shape index (κ1) is 70.9. The average molecular weight is 1150 g/mol. The van der Waals surface area contributed by atoms with Gasteiger partial charge in [0, 0.05) is 56.7 Å². The second kappa shape index (κ2) is 38.5. The van der Waals surface area contributed by atoms with Crippen LogP contribution in [0.2, 0.25) is 0 Å². The summed E-state index contributed by atoms with van der Waals surface area (Å²) in [6.07, 6.45) is -2.64. The molecule has 1 heterocycles. The molecule has 0 saturated carbocycles. The highest BCUT2D eigenvalue weighted by molar-refractivity contribution is 7.89. The van der Waals surface area contributed by atoms with Gasteiger partial charge in [-0.1, -0.05) is 114 Å². The normalized spacial score (nSPS) is 17.4. The summed E-state index contributed by atoms with van der Waals surface area (Å²) >= 11 is 0. The lowest BCUT2D eigenvalue weighted by Gasteiger charge is -2.46. The molecule has 4 aromatic rings. The maximum atomic E-state index is 13.2. The van der Waals surface area contributed by atoms with Crippen LogP contribution in [-0.2, 0) is 48.1 Å². The van der Waals surface area contributed by atoms with Gasteiger partial charge in [-0.15, -0.1) is 0 Å². The molecule has 0 radical (unpaired) electrons. The van der Waals surface area contributed by atoms with Gasteiger partial charge in [-0.3, -0.25) is 19.2 Å². The number of carbonyl (C=O) groups is 4. The predicted molar refractivity (Wildman–Crippen MR) is 315 cm³/mol. The van der Waals surface area contributed by atoms with Gasteiger partial charge in [0.1, 0.15) is 18.8 Å². The van der Waals surface area contributed by atoms with Gasteiger partial charge in [0.2, 0.25) is 33.7 Å². The van der Waals surface area contributed by atoms with Gasteiger partial charge in [-0.2, -0.15) is 0 Å². The highest BCUT2D eigenvalue weighted by Gasteiger charge is 2.48. The number of aliphatic hydroxyl groups is 3. The number of nitrogen functional groups attached to an aromatic ring is 2. The number of carbonyl (C=O) groups excluding carboxylic acids is 4. The molecule has 6 unspecified atom stereocenters. The van der Waals surface area contributed by atoms with Crippen molar-refractivity contribution in [2.75, 3.05) is 96.3 Å². The fourth-order valence-electron chi connectivity index (χ4n) is 7.72. The molecule has 452 valence electrons. The number of ether oxygens (including phenoxy) is 4. The van der Waals surface area contributed by atoms with E-state index in [9.17, 15) is 42.9 Å². The van der Waals surface area contributed by atoms with Gasteiger partial charge in [0.05, 0.1) is 62.7 Å². The Morgan fingerprint density at radius 2 is 1.22 bits per heavy atom. The number of nitrogens with one attached hydrogen (secondary N) is 5. The van der Waals surface area contributed by atoms with E-state index >= 15 is 0 Å². The van der Waals surface area contributed by atoms with Crippen molar-refractivity contribution in [1.29, 1.82) is 0 Å². The average Bonchev–Trinajstić information content (AvgIpc) is 3.52. The Kier molecular flexibility index (Phi) is 33.6. The largest absolute Gasteiger partial charge is 0.399 e. The maximum absolute atomic E-state index is 13.2. The summed E-state index contributed by atoms with van der Waals surface area (Å²) in [5.74, 6) is -2.63. The van der Waals surface area contributed by atoms with Crippen molar-refractivity contribution in [1.82, 2.24) is 26.0 Å². The van der Waals surface area contributed by atoms with Crippen LogP contribution in [0, 0.1) is 18.3 Å². The Hall–Kier alpha value is -6.25. The third kappa shape index (κ3) is 28.8. The molecule has 1 saturated heterocycles. The molecule has 4 aromatic carbocycles. The van der Waals surface area contributed by atoms with Crippen LogP contribution in [-0.4, -0.2) is 158 Å². The molecule has 5 rings (SSSR count). The second-order valence-corrected chi connectivity index (χ2v) is 22.1. The number of aliphatic hydroxyl groups excluding tert-OH is 3. The standard InChI is InChI=1S/C40H63N7O13S.C8H12N2.C7H8.C3H8/c1-40(2,3)33-30(60-39(54)36(51)35(33)50)24-59-25-32(49)44-18-20-58-22-21-57-19-17-43-31(48)23-45-38(53)34(26-9-5-4-6-10-26)47-37(52)29(42)11-7-8-16-46-61(55,56)28-14-12-27(41)13-15-28;1-10(2)8-5-3-7(9)4-6-8;1-7-5-3-2-4-6-7;1-3-2/h4-6,9-10,12-15,29-30,33-36,39,46,50-51,54H,7-8,11,16-25,41-42H2,1-3H3,(H,43,48)(H,44,49)(H,45,53)(H,47,52);3-6H,9H2,1-2H3;2-6H,1H3;3H2,1-2H3/t29-,30?,33?,34?,35?,36?,39?;;;/m1.../s1. The van der Waals surface area contributed by atoms with Crippen molar-refractivity contribution < 1.29 is 61.9 Å². The number of hydrogen-bond acceptors (Lipinski definition) is 17. The van der Waals surface area contributed by atoms with E-state index < -0.39 is 81.7 Å². The third-order valence-corrected chi connectivity index (χ3v) is 13.4. The van der Waals surface area contributed by atoms with Crippen molar-refractivity contribution >= 4 is 50.7 Å². The Morgan fingerprint density at radius 3 is 1.74 bits per heavy atom. The number of anilines is 3. The van der Waals surface area contributed by atoms with E-state index in [1.54, 1.807) is 30.3 Å². The van der Waals surface area contributed by atoms with Crippen LogP contribution in [0.3, 0.4) is 0 Å². The zero-order chi connectivity index (χ0) is 60.4. The zero-order valence-electron chi connectivity index (χ0n) is 48.3. The van der Waals surface area contributed by atoms with Crippen LogP contribution in [0.4, 0.5) is 17.1 Å². The Labute approximate surface area is 479 Å². The van der Waals surface area contributed by atoms with E-state index in [2.05, 4.69) is 58.9 Å². The van der Waals surface area contributed by atoms with Crippen molar-refractivity contribution in [2.45, 2.75) is 109 Å². The minimum atomic E-state index is -3.71. The molecule has 1 aliphatic heterocycles. The van der Waals surface area contributed by atoms with E-state index in [1.807, 2.05) is 82.2 Å². The van der Waals surface area contributed by atoms with E-state index in [1.165, 1.54) is 41.9 Å². The summed E-state index contributed by atoms with van der Waals surface area (Å²) < 4.78 is 49.2. The maximum Gasteiger partial charge on any atom is 0.247 e. The first-order valence-corrected chi connectivity index (χ1v) is 28.6. The number of sulfonamides is 1. The van der Waals surface area contributed by atoms with Gasteiger partial charge in [-0.05, 0) is 79.3 Å². The fraction of sp³-hybridized carbons (Fsp3) is 0.517. The molecule has 0 bridgehead atoms. The number of nitrogens with zero attached hydrogens (tertiary/aromatic N) is 1. The van der Waals surface area contributed by atoms with E-state index in [0.717, 1.165) is 5.69 Å². The van der Waals surface area contributed by atoms with Gasteiger partial charge < -0.3 is 77.6 Å². The molecule has 81 heavy (non-hydrogen) atoms. The molecule has 0 aliphatic carbocycles. The summed E-state index contributed by atoms with van der Waals surface area (Å²) in [4.78, 5) is 52.9. The van der Waals surface area contributed by atoms with Crippen LogP contribution in [0.5, 0.6) is 0 Å². The molecule has 1 fully saturated rings. The van der Waals surface area contributed by atoms with E-state index in [4.69, 9.17) is 36.1 Å². The van der Waals surface area contributed by atoms with E-state index in [-0.39, 0.29) is 77.1 Å². The monoisotopic (exact) mass is 1150 g/mol. The quantitative estimate of drug-likeness (QED) is 0.0302. The van der Waals surface area contributed by atoms with Crippen LogP contribution < -0.4 is 48.1 Å². The highest BCUT2D eigenvalue weighted by Crippen LogP contribution is 2.38. The minimum absolute atomic E-state index is 0.0710. The molecule has 23 heteroatoms. The van der Waals surface area contributed by atoms with Crippen molar-refractivity contribution in [2.24, 2.45) is 17.1 Å². The molecule has 1 aliphatic rings. The molecule has 4 amide bonds. The molecule has 0 aromatic heterocycles. The SMILES string of the molecule is CC(C)(C)C1C(COCC(=O)NCCOCCOCCNC(=O)CNC(=O)C(NC(=O)[C@H](N)CCCCNS(=O)(=O)c2ccc(N)cc2)c2ccccc2)OC(O)C(O)C1O.CCC.CN(C)c1ccc(N)cc1.Cc1ccccc1. The summed E-state index contributed by atoms with van der Waals surface area (Å²) in [6.45, 7) is 12.5. The second-order valence-electron chi connectivity index (χ2n) is 20.4. The van der Waals surface area contributed by atoms with Gasteiger partial charge in [-0.25, -0.2) is 13.1 Å². The molecule has 7 atom stereocenters. The highest BCUT2D eigenvalue weighted by atomic mass is 32.2. The van der Waals surface area contributed by atoms with Crippen molar-refractivity contribution in [3.8, 4) is 0 Å². The van der Waals surface area contributed by atoms with Crippen LogP contribution in [0.1, 0.15) is 77.5 Å². The summed E-state index contributed by atoms with van der Waals surface area (Å²) in [5.41, 5.74) is 21.0. The number of benzene rings is 4. The molecule has 14 N–H and O–H groups in total. The number of nitrogens with two attached hydrogens (primary N) is 3. The Balaban J connectivity index is 0.000000932. The number of hydrogen-bond donors (Lipinski definition) is 11. The lowest BCUT2D eigenvalue weighted by Crippen LogP contribution is -2.59. The van der Waals surface area contributed by atoms with Crippen LogP contribution in [0.15, 0.2) is 114 Å². The summed E-state index contributed by atoms with van der Waals surface area (Å²) in [6, 6.07) is 30.2. The molecular formula is C58H91N9O13S. The van der Waals surface area contributed by atoms with Gasteiger partial charge in [0.25, 0.3) is 0 Å². The Bertz CT molecular complexity index is 2490. The fourth-order valence-corrected chi connectivity index (χ4v) is 8.79. The minimum Gasteiger partial charge on any atom is -0.399 e. The number of unbranched alkanes of at least 4 members (excludes halogenated alkanes) is 1. The lowest BCUT2D eigenvalue weighted by atomic mass is 9.71. The lowest BCUT2D eigenvalue weighted by molar-refractivity contribution is -0.288. The van der Waals surface area contributed by atoms with Gasteiger partial charge in [0.15, 0.2) is 6.29 Å². The van der Waals surface area contributed by atoms with Crippen LogP contribution >= 0.6 is 0 Å². The third-order valence-electron chi connectivity index (χ3n) is 12.0. The first-order chi connectivity index (χ1) is 38.4. The van der Waals surface area contributed by atoms with Crippen molar-refractivity contribution in [3.63, 3.8) is 0 Å². The smallest absolute Gasteiger partial charge is 0.247 e. The zero-order valence-corrected chi connectivity index (χ0v) is 49.2. The Morgan fingerprint density at radius 1 is 0.691 bits per heavy atom. The van der Waals surface area contributed by atoms with Crippen LogP contribution in [0.25, 0.3) is 0 Å². The van der Waals surface area contributed by atoms with Crippen molar-refractivity contribution in [3.05, 3.63) is 120 Å². The van der Waals surface area contributed by atoms with E-state index in [0.29, 0.717) is 24.1 Å². The number of rotatable bonds is 27. The summed E-state index contributed by atoms with van der Waals surface area (Å²) in [5, 5.41) is 40.8. The molecular weight excluding hydrogens is 1060 g/mol. The predicted octanol–water partition coefficient (Wildman–Crippen LogP) is 3.15. The number of amides is 4. The van der Waals surface area contributed by atoms with Gasteiger partial charge >= 0.3 is 0 Å².